The van der Waals surface area contributed by atoms with Gasteiger partial charge in [-0.2, -0.15) is 0 Å². The standard InChI is InChI=1S/C36H26O6/c1-40-25-13-7-21(8-14-25)31-28-16-15-26(41-2)19-30(28)34-33-29(36(39)42-35(34)22-5-11-24(38)12-6-22)18-17-27(32(31)33)20-3-9-23(37)10-4-20/h3-19,35,37-38H,1-2H3/t35-/m0/s1. The zero-order valence-corrected chi connectivity index (χ0v) is 22.9. The first-order valence-corrected chi connectivity index (χ1v) is 13.5. The van der Waals surface area contributed by atoms with Gasteiger partial charge < -0.3 is 24.4 Å². The number of hydrogen-bond acceptors (Lipinski definition) is 6. The molecule has 0 fully saturated rings. The zero-order chi connectivity index (χ0) is 29.0. The second-order valence-electron chi connectivity index (χ2n) is 10.3. The van der Waals surface area contributed by atoms with Gasteiger partial charge in [0.1, 0.15) is 23.0 Å². The van der Waals surface area contributed by atoms with Crippen LogP contribution >= 0.6 is 0 Å². The molecule has 6 aromatic rings. The number of esters is 1. The summed E-state index contributed by atoms with van der Waals surface area (Å²) in [4.78, 5) is 13.7. The van der Waals surface area contributed by atoms with Crippen LogP contribution in [0.15, 0.2) is 103 Å². The number of aromatic hydroxyl groups is 2. The van der Waals surface area contributed by atoms with Gasteiger partial charge in [-0.05, 0) is 98.6 Å². The lowest BCUT2D eigenvalue weighted by atomic mass is 9.79. The third-order valence-electron chi connectivity index (χ3n) is 7.97. The lowest BCUT2D eigenvalue weighted by Crippen LogP contribution is -2.20. The van der Waals surface area contributed by atoms with Gasteiger partial charge in [-0.25, -0.2) is 4.79 Å². The number of hydrogen-bond donors (Lipinski definition) is 2. The predicted octanol–water partition coefficient (Wildman–Crippen LogP) is 8.02. The summed E-state index contributed by atoms with van der Waals surface area (Å²) in [5.74, 6) is 1.29. The normalized spacial score (nSPS) is 14.1. The van der Waals surface area contributed by atoms with Crippen molar-refractivity contribution in [3.63, 3.8) is 0 Å². The van der Waals surface area contributed by atoms with Crippen LogP contribution in [0.2, 0.25) is 0 Å². The number of methoxy groups -OCH3 is 2. The van der Waals surface area contributed by atoms with Gasteiger partial charge in [-0.1, -0.05) is 48.5 Å². The SMILES string of the molecule is COc1ccc(-c2c3ccc(OC)cc3c3c4c(ccc(-c5ccc(O)cc5)c24)C(=O)O[C@H]3c2ccc(O)cc2)cc1. The first-order chi connectivity index (χ1) is 20.5. The van der Waals surface area contributed by atoms with E-state index in [9.17, 15) is 15.0 Å². The van der Waals surface area contributed by atoms with Crippen molar-refractivity contribution in [3.8, 4) is 45.3 Å². The molecule has 2 N–H and O–H groups in total. The van der Waals surface area contributed by atoms with Crippen molar-refractivity contribution >= 4 is 27.5 Å². The van der Waals surface area contributed by atoms with Crippen molar-refractivity contribution in [1.82, 2.24) is 0 Å². The molecular formula is C36H26O6. The topological polar surface area (TPSA) is 85.2 Å². The zero-order valence-electron chi connectivity index (χ0n) is 22.9. The maximum Gasteiger partial charge on any atom is 0.339 e. The fraction of sp³-hybridized carbons (Fsp3) is 0.0833. The van der Waals surface area contributed by atoms with Crippen LogP contribution in [-0.2, 0) is 4.74 Å². The molecule has 0 saturated heterocycles. The van der Waals surface area contributed by atoms with Crippen molar-refractivity contribution in [2.24, 2.45) is 0 Å². The fourth-order valence-electron chi connectivity index (χ4n) is 6.00. The van der Waals surface area contributed by atoms with Crippen molar-refractivity contribution in [2.75, 3.05) is 14.2 Å². The monoisotopic (exact) mass is 554 g/mol. The van der Waals surface area contributed by atoms with E-state index in [1.807, 2.05) is 66.7 Å². The highest BCUT2D eigenvalue weighted by Gasteiger charge is 2.34. The summed E-state index contributed by atoms with van der Waals surface area (Å²) >= 11 is 0. The fourth-order valence-corrected chi connectivity index (χ4v) is 6.00. The average molecular weight is 555 g/mol. The molecule has 1 aliphatic heterocycles. The molecule has 1 heterocycles. The van der Waals surface area contributed by atoms with Gasteiger partial charge in [-0.15, -0.1) is 0 Å². The quantitative estimate of drug-likeness (QED) is 0.166. The van der Waals surface area contributed by atoms with Crippen molar-refractivity contribution in [2.45, 2.75) is 6.10 Å². The average Bonchev–Trinajstić information content (AvgIpc) is 3.02. The van der Waals surface area contributed by atoms with Crippen molar-refractivity contribution in [3.05, 3.63) is 120 Å². The molecule has 0 aromatic heterocycles. The molecule has 6 aromatic carbocycles. The third-order valence-corrected chi connectivity index (χ3v) is 7.97. The Hall–Kier alpha value is -5.49. The molecule has 0 spiro atoms. The van der Waals surface area contributed by atoms with Crippen LogP contribution in [0.1, 0.15) is 27.6 Å². The van der Waals surface area contributed by atoms with Crippen LogP contribution in [-0.4, -0.2) is 30.4 Å². The third kappa shape index (κ3) is 3.99. The van der Waals surface area contributed by atoms with Gasteiger partial charge in [0.2, 0.25) is 0 Å². The number of carbonyl (C=O) groups is 1. The highest BCUT2D eigenvalue weighted by atomic mass is 16.5. The van der Waals surface area contributed by atoms with Crippen molar-refractivity contribution < 1.29 is 29.2 Å². The summed E-state index contributed by atoms with van der Waals surface area (Å²) in [6.45, 7) is 0. The molecule has 0 aliphatic carbocycles. The minimum absolute atomic E-state index is 0.127. The number of phenols is 2. The highest BCUT2D eigenvalue weighted by Crippen LogP contribution is 2.51. The second-order valence-corrected chi connectivity index (χ2v) is 10.3. The van der Waals surface area contributed by atoms with Gasteiger partial charge in [0.05, 0.1) is 19.8 Å². The number of fused-ring (bicyclic) bond motifs is 2. The van der Waals surface area contributed by atoms with E-state index >= 15 is 0 Å². The van der Waals surface area contributed by atoms with E-state index in [1.54, 1.807) is 50.6 Å². The van der Waals surface area contributed by atoms with Gasteiger partial charge >= 0.3 is 5.97 Å². The first kappa shape index (κ1) is 25.5. The lowest BCUT2D eigenvalue weighted by molar-refractivity contribution is 0.0369. The molecule has 0 radical (unpaired) electrons. The summed E-state index contributed by atoms with van der Waals surface area (Å²) in [6, 6.07) is 31.4. The van der Waals surface area contributed by atoms with Crippen LogP contribution in [0.25, 0.3) is 43.8 Å². The first-order valence-electron chi connectivity index (χ1n) is 13.5. The summed E-state index contributed by atoms with van der Waals surface area (Å²) < 4.78 is 17.2. The Kier molecular flexibility index (Phi) is 5.98. The van der Waals surface area contributed by atoms with E-state index in [4.69, 9.17) is 14.2 Å². The Bertz CT molecular complexity index is 1990. The molecule has 0 bridgehead atoms. The summed E-state index contributed by atoms with van der Waals surface area (Å²) in [5.41, 5.74) is 5.78. The van der Waals surface area contributed by atoms with E-state index in [2.05, 4.69) is 0 Å². The second kappa shape index (κ2) is 9.85. The smallest absolute Gasteiger partial charge is 0.339 e. The molecule has 1 atom stereocenters. The van der Waals surface area contributed by atoms with Crippen LogP contribution < -0.4 is 9.47 Å². The Morgan fingerprint density at radius 1 is 0.619 bits per heavy atom. The molecule has 0 saturated carbocycles. The molecule has 6 heteroatoms. The Labute approximate surface area is 242 Å². The number of phenolic OH excluding ortho intramolecular Hbond substituents is 2. The Morgan fingerprint density at radius 3 is 1.88 bits per heavy atom. The number of cyclic esters (lactones) is 1. The van der Waals surface area contributed by atoms with Gasteiger partial charge in [0, 0.05) is 10.9 Å². The maximum atomic E-state index is 13.7. The molecule has 6 nitrogen and oxygen atoms in total. The minimum atomic E-state index is -0.720. The van der Waals surface area contributed by atoms with Crippen LogP contribution in [0.3, 0.4) is 0 Å². The van der Waals surface area contributed by atoms with Crippen molar-refractivity contribution in [1.29, 1.82) is 0 Å². The molecule has 7 rings (SSSR count). The van der Waals surface area contributed by atoms with Gasteiger partial charge in [-0.3, -0.25) is 0 Å². The van der Waals surface area contributed by atoms with Gasteiger partial charge in [0.25, 0.3) is 0 Å². The maximum absolute atomic E-state index is 13.7. The molecular weight excluding hydrogens is 528 g/mol. The molecule has 0 unspecified atom stereocenters. The van der Waals surface area contributed by atoms with Gasteiger partial charge in [0.15, 0.2) is 6.10 Å². The lowest BCUT2D eigenvalue weighted by Gasteiger charge is -2.30. The van der Waals surface area contributed by atoms with Crippen LogP contribution in [0.5, 0.6) is 23.0 Å². The summed E-state index contributed by atoms with van der Waals surface area (Å²) in [6.07, 6.45) is -0.720. The number of carbonyl (C=O) groups excluding carboxylic acids is 1. The Balaban J connectivity index is 1.70. The molecule has 1 aliphatic rings. The Morgan fingerprint density at radius 2 is 1.21 bits per heavy atom. The molecule has 42 heavy (non-hydrogen) atoms. The van der Waals surface area contributed by atoms with E-state index in [0.29, 0.717) is 11.3 Å². The van der Waals surface area contributed by atoms with E-state index < -0.39 is 12.1 Å². The molecule has 206 valence electrons. The largest absolute Gasteiger partial charge is 0.508 e. The molecule has 0 amide bonds. The van der Waals surface area contributed by atoms with E-state index in [1.165, 1.54) is 0 Å². The summed E-state index contributed by atoms with van der Waals surface area (Å²) in [5, 5.41) is 23.6. The predicted molar refractivity (Wildman–Crippen MR) is 162 cm³/mol. The number of ether oxygens (including phenoxy) is 3. The minimum Gasteiger partial charge on any atom is -0.508 e. The van der Waals surface area contributed by atoms with Crippen LogP contribution in [0, 0.1) is 0 Å². The van der Waals surface area contributed by atoms with Crippen LogP contribution in [0.4, 0.5) is 0 Å². The number of benzene rings is 6. The van der Waals surface area contributed by atoms with E-state index in [-0.39, 0.29) is 11.5 Å². The highest BCUT2D eigenvalue weighted by molar-refractivity contribution is 6.24. The summed E-state index contributed by atoms with van der Waals surface area (Å²) in [7, 11) is 3.26. The van der Waals surface area contributed by atoms with E-state index in [0.717, 1.165) is 60.7 Å². The number of rotatable bonds is 5.